The maximum absolute atomic E-state index is 11.7. The summed E-state index contributed by atoms with van der Waals surface area (Å²) in [5, 5.41) is 3.02. The van der Waals surface area contributed by atoms with E-state index in [4.69, 9.17) is 4.74 Å². The van der Waals surface area contributed by atoms with Gasteiger partial charge in [-0.05, 0) is 31.2 Å². The van der Waals surface area contributed by atoms with E-state index in [1.165, 1.54) is 5.57 Å². The van der Waals surface area contributed by atoms with Gasteiger partial charge in [-0.3, -0.25) is 4.79 Å². The van der Waals surface area contributed by atoms with Crippen LogP contribution < -0.4 is 5.32 Å². The lowest BCUT2D eigenvalue weighted by molar-refractivity contribution is -0.127. The van der Waals surface area contributed by atoms with Gasteiger partial charge < -0.3 is 10.1 Å². The average Bonchev–Trinajstić information content (AvgIpc) is 2.43. The quantitative estimate of drug-likeness (QED) is 0.826. The monoisotopic (exact) mass is 259 g/mol. The minimum atomic E-state index is -0.0200. The third-order valence-electron chi connectivity index (χ3n) is 3.40. The van der Waals surface area contributed by atoms with Crippen LogP contribution in [-0.4, -0.2) is 18.6 Å². The number of ether oxygens (including phenoxy) is 1. The number of carbonyl (C=O) groups excluding carboxylic acids is 1. The summed E-state index contributed by atoms with van der Waals surface area (Å²) < 4.78 is 5.41. The highest BCUT2D eigenvalue weighted by Crippen LogP contribution is 2.21. The molecule has 3 heteroatoms. The molecule has 1 aliphatic carbocycles. The summed E-state index contributed by atoms with van der Waals surface area (Å²) in [6.07, 6.45) is 4.05. The Labute approximate surface area is 114 Å². The fraction of sp³-hybridized carbons (Fsp3) is 0.438. The van der Waals surface area contributed by atoms with Crippen LogP contribution in [0.25, 0.3) is 0 Å². The zero-order valence-corrected chi connectivity index (χ0v) is 11.2. The molecule has 1 saturated carbocycles. The molecule has 2 rings (SSSR count). The molecule has 0 radical (unpaired) electrons. The van der Waals surface area contributed by atoms with Gasteiger partial charge in [-0.1, -0.05) is 42.5 Å². The molecule has 0 aliphatic heterocycles. The number of hydrogen-bond donors (Lipinski definition) is 1. The molecule has 0 unspecified atom stereocenters. The first-order chi connectivity index (χ1) is 9.24. The van der Waals surface area contributed by atoms with Crippen molar-refractivity contribution in [3.63, 3.8) is 0 Å². The Kier molecular flexibility index (Phi) is 5.16. The second kappa shape index (κ2) is 7.10. The van der Waals surface area contributed by atoms with Crippen LogP contribution in [0, 0.1) is 0 Å². The van der Waals surface area contributed by atoms with Crippen molar-refractivity contribution in [2.75, 3.05) is 6.61 Å². The third kappa shape index (κ3) is 4.87. The maximum Gasteiger partial charge on any atom is 0.246 e. The SMILES string of the molecule is C=C1CCC(NC(=O)COCc2ccccc2)CC1. The van der Waals surface area contributed by atoms with Gasteiger partial charge in [0.2, 0.25) is 5.91 Å². The summed E-state index contributed by atoms with van der Waals surface area (Å²) in [5.41, 5.74) is 2.38. The molecule has 1 aromatic carbocycles. The van der Waals surface area contributed by atoms with Crippen LogP contribution >= 0.6 is 0 Å². The van der Waals surface area contributed by atoms with Crippen LogP contribution in [0.2, 0.25) is 0 Å². The van der Waals surface area contributed by atoms with Gasteiger partial charge in [-0.25, -0.2) is 0 Å². The van der Waals surface area contributed by atoms with Crippen LogP contribution in [0.15, 0.2) is 42.5 Å². The molecule has 3 nitrogen and oxygen atoms in total. The Morgan fingerprint density at radius 1 is 1.26 bits per heavy atom. The molecule has 1 amide bonds. The van der Waals surface area contributed by atoms with Gasteiger partial charge in [-0.2, -0.15) is 0 Å². The molecule has 0 spiro atoms. The number of amides is 1. The van der Waals surface area contributed by atoms with Crippen molar-refractivity contribution in [2.24, 2.45) is 0 Å². The van der Waals surface area contributed by atoms with Crippen LogP contribution in [0.5, 0.6) is 0 Å². The molecule has 0 bridgehead atoms. The Bertz CT molecular complexity index is 418. The highest BCUT2D eigenvalue weighted by atomic mass is 16.5. The topological polar surface area (TPSA) is 38.3 Å². The van der Waals surface area contributed by atoms with Gasteiger partial charge in [0.15, 0.2) is 0 Å². The normalized spacial score (nSPS) is 16.3. The second-order valence-electron chi connectivity index (χ2n) is 5.07. The number of rotatable bonds is 5. The Morgan fingerprint density at radius 2 is 1.95 bits per heavy atom. The van der Waals surface area contributed by atoms with E-state index in [9.17, 15) is 4.79 Å². The van der Waals surface area contributed by atoms with Crippen molar-refractivity contribution in [1.29, 1.82) is 0 Å². The largest absolute Gasteiger partial charge is 0.367 e. The van der Waals surface area contributed by atoms with Crippen LogP contribution in [0.4, 0.5) is 0 Å². The lowest BCUT2D eigenvalue weighted by Crippen LogP contribution is -2.38. The number of carbonyl (C=O) groups is 1. The summed E-state index contributed by atoms with van der Waals surface area (Å²) in [6.45, 7) is 4.59. The molecule has 0 saturated heterocycles. The molecule has 0 atom stereocenters. The maximum atomic E-state index is 11.7. The van der Waals surface area contributed by atoms with E-state index in [-0.39, 0.29) is 12.5 Å². The number of allylic oxidation sites excluding steroid dienone is 1. The van der Waals surface area contributed by atoms with Gasteiger partial charge in [0.25, 0.3) is 0 Å². The first-order valence-electron chi connectivity index (χ1n) is 6.82. The standard InChI is InChI=1S/C16H21NO2/c1-13-7-9-15(10-8-13)17-16(18)12-19-11-14-5-3-2-4-6-14/h2-6,15H,1,7-12H2,(H,17,18). The third-order valence-corrected chi connectivity index (χ3v) is 3.40. The lowest BCUT2D eigenvalue weighted by atomic mass is 9.92. The molecule has 1 N–H and O–H groups in total. The van der Waals surface area contributed by atoms with Crippen molar-refractivity contribution in [1.82, 2.24) is 5.32 Å². The van der Waals surface area contributed by atoms with E-state index in [0.717, 1.165) is 31.2 Å². The van der Waals surface area contributed by atoms with Crippen molar-refractivity contribution in [2.45, 2.75) is 38.3 Å². The molecule has 102 valence electrons. The lowest BCUT2D eigenvalue weighted by Gasteiger charge is -2.24. The fourth-order valence-corrected chi connectivity index (χ4v) is 2.28. The molecule has 1 aromatic rings. The second-order valence-corrected chi connectivity index (χ2v) is 5.07. The minimum Gasteiger partial charge on any atom is -0.367 e. The summed E-state index contributed by atoms with van der Waals surface area (Å²) >= 11 is 0. The summed E-state index contributed by atoms with van der Waals surface area (Å²) in [4.78, 5) is 11.7. The first kappa shape index (κ1) is 13.8. The first-order valence-corrected chi connectivity index (χ1v) is 6.82. The van der Waals surface area contributed by atoms with Crippen LogP contribution in [0.1, 0.15) is 31.2 Å². The summed E-state index contributed by atoms with van der Waals surface area (Å²) in [6, 6.07) is 10.2. The fourth-order valence-electron chi connectivity index (χ4n) is 2.28. The number of hydrogen-bond acceptors (Lipinski definition) is 2. The van der Waals surface area contributed by atoms with Gasteiger partial charge in [0, 0.05) is 6.04 Å². The zero-order valence-electron chi connectivity index (χ0n) is 11.2. The van der Waals surface area contributed by atoms with Gasteiger partial charge in [0.1, 0.15) is 6.61 Å². The predicted octanol–water partition coefficient (Wildman–Crippen LogP) is 2.82. The van der Waals surface area contributed by atoms with Crippen molar-refractivity contribution in [3.8, 4) is 0 Å². The highest BCUT2D eigenvalue weighted by molar-refractivity contribution is 5.77. The van der Waals surface area contributed by atoms with Crippen molar-refractivity contribution < 1.29 is 9.53 Å². The van der Waals surface area contributed by atoms with Gasteiger partial charge in [-0.15, -0.1) is 0 Å². The molecular formula is C16H21NO2. The Balaban J connectivity index is 1.63. The predicted molar refractivity (Wildman–Crippen MR) is 75.6 cm³/mol. The smallest absolute Gasteiger partial charge is 0.246 e. The summed E-state index contributed by atoms with van der Waals surface area (Å²) in [5.74, 6) is -0.0200. The van der Waals surface area contributed by atoms with E-state index < -0.39 is 0 Å². The molecule has 0 heterocycles. The molecular weight excluding hydrogens is 238 g/mol. The molecule has 0 aromatic heterocycles. The Hall–Kier alpha value is -1.61. The van der Waals surface area contributed by atoms with Gasteiger partial charge in [0.05, 0.1) is 6.61 Å². The van der Waals surface area contributed by atoms with Crippen molar-refractivity contribution in [3.05, 3.63) is 48.0 Å². The number of benzene rings is 1. The average molecular weight is 259 g/mol. The van der Waals surface area contributed by atoms with E-state index in [1.807, 2.05) is 30.3 Å². The zero-order chi connectivity index (χ0) is 13.5. The van der Waals surface area contributed by atoms with Crippen LogP contribution in [-0.2, 0) is 16.1 Å². The molecule has 1 aliphatic rings. The molecule has 1 fully saturated rings. The van der Waals surface area contributed by atoms with E-state index in [1.54, 1.807) is 0 Å². The van der Waals surface area contributed by atoms with E-state index >= 15 is 0 Å². The highest BCUT2D eigenvalue weighted by Gasteiger charge is 2.17. The molecule has 19 heavy (non-hydrogen) atoms. The van der Waals surface area contributed by atoms with E-state index in [0.29, 0.717) is 12.6 Å². The Morgan fingerprint density at radius 3 is 2.63 bits per heavy atom. The van der Waals surface area contributed by atoms with Crippen LogP contribution in [0.3, 0.4) is 0 Å². The van der Waals surface area contributed by atoms with Gasteiger partial charge >= 0.3 is 0 Å². The number of nitrogens with one attached hydrogen (secondary N) is 1. The minimum absolute atomic E-state index is 0.0200. The van der Waals surface area contributed by atoms with E-state index in [2.05, 4.69) is 11.9 Å². The van der Waals surface area contributed by atoms with Crippen molar-refractivity contribution >= 4 is 5.91 Å². The summed E-state index contributed by atoms with van der Waals surface area (Å²) in [7, 11) is 0.